The lowest BCUT2D eigenvalue weighted by Crippen LogP contribution is -2.66. The van der Waals surface area contributed by atoms with Crippen LogP contribution in [0.3, 0.4) is 0 Å². The Labute approximate surface area is 170 Å². The fourth-order valence-corrected chi connectivity index (χ4v) is 4.40. The number of likely N-dealkylation sites (N-methyl/N-ethyl adjacent to an activating group) is 1. The molecule has 2 aliphatic rings. The molecule has 2 aliphatic carbocycles. The molecule has 2 N–H and O–H groups in total. The molecule has 0 aromatic heterocycles. The Kier molecular flexibility index (Phi) is 9.51. The Morgan fingerprint density at radius 2 is 1.93 bits per heavy atom. The quantitative estimate of drug-likeness (QED) is 0.336. The zero-order chi connectivity index (χ0) is 20.4. The van der Waals surface area contributed by atoms with E-state index >= 15 is 0 Å². The number of hydrogen-bond acceptors (Lipinski definition) is 4. The molecule has 7 heteroatoms. The first kappa shape index (κ1) is 22.9. The van der Waals surface area contributed by atoms with Crippen molar-refractivity contribution in [3.63, 3.8) is 0 Å². The normalized spacial score (nSPS) is 23.9. The van der Waals surface area contributed by atoms with Crippen LogP contribution < -0.4 is 10.6 Å². The van der Waals surface area contributed by atoms with Crippen molar-refractivity contribution in [1.82, 2.24) is 15.5 Å². The predicted molar refractivity (Wildman–Crippen MR) is 113 cm³/mol. The van der Waals surface area contributed by atoms with Crippen molar-refractivity contribution >= 4 is 11.9 Å². The van der Waals surface area contributed by atoms with Gasteiger partial charge in [-0.3, -0.25) is 4.79 Å². The average molecular weight is 397 g/mol. The van der Waals surface area contributed by atoms with Gasteiger partial charge in [-0.15, -0.1) is 0 Å². The minimum Gasteiger partial charge on any atom is -0.382 e. The van der Waals surface area contributed by atoms with Crippen LogP contribution >= 0.6 is 0 Å². The molecule has 0 bridgehead atoms. The number of hydrogen-bond donors (Lipinski definition) is 2. The monoisotopic (exact) mass is 396 g/mol. The maximum Gasteiger partial charge on any atom is 0.243 e. The Hall–Kier alpha value is -1.34. The van der Waals surface area contributed by atoms with Gasteiger partial charge in [0, 0.05) is 51.9 Å². The average Bonchev–Trinajstić information content (AvgIpc) is 2.70. The van der Waals surface area contributed by atoms with Gasteiger partial charge in [-0.2, -0.15) is 0 Å². The van der Waals surface area contributed by atoms with Gasteiger partial charge in [-0.05, 0) is 39.5 Å². The van der Waals surface area contributed by atoms with Crippen LogP contribution in [0.2, 0.25) is 0 Å². The molecular weight excluding hydrogens is 356 g/mol. The Bertz CT molecular complexity index is 504. The summed E-state index contributed by atoms with van der Waals surface area (Å²) in [5, 5.41) is 7.02. The molecule has 28 heavy (non-hydrogen) atoms. The molecule has 162 valence electrons. The van der Waals surface area contributed by atoms with Crippen LogP contribution in [0, 0.1) is 5.41 Å². The highest BCUT2D eigenvalue weighted by molar-refractivity contribution is 5.85. The van der Waals surface area contributed by atoms with Crippen molar-refractivity contribution in [2.45, 2.75) is 70.9 Å². The highest BCUT2D eigenvalue weighted by Gasteiger charge is 2.55. The largest absolute Gasteiger partial charge is 0.382 e. The lowest BCUT2D eigenvalue weighted by atomic mass is 9.55. The third-order valence-corrected chi connectivity index (χ3v) is 6.08. The molecule has 0 aromatic carbocycles. The molecule has 2 fully saturated rings. The molecule has 2 saturated carbocycles. The van der Waals surface area contributed by atoms with Crippen LogP contribution in [0.1, 0.15) is 58.8 Å². The lowest BCUT2D eigenvalue weighted by molar-refractivity contribution is -0.145. The summed E-state index contributed by atoms with van der Waals surface area (Å²) in [4.78, 5) is 18.1. The molecule has 2 unspecified atom stereocenters. The first-order valence-electron chi connectivity index (χ1n) is 11.0. The molecular formula is C21H40N4O3. The van der Waals surface area contributed by atoms with E-state index in [0.29, 0.717) is 12.1 Å². The van der Waals surface area contributed by atoms with Gasteiger partial charge in [-0.25, -0.2) is 4.99 Å². The fraction of sp³-hybridized carbons (Fsp3) is 0.905. The topological polar surface area (TPSA) is 75.2 Å². The zero-order valence-electron chi connectivity index (χ0n) is 18.3. The third kappa shape index (κ3) is 6.08. The summed E-state index contributed by atoms with van der Waals surface area (Å²) in [7, 11) is 3.52. The van der Waals surface area contributed by atoms with E-state index < -0.39 is 0 Å². The summed E-state index contributed by atoms with van der Waals surface area (Å²) in [6, 6.07) is 0.358. The van der Waals surface area contributed by atoms with Gasteiger partial charge in [0.2, 0.25) is 5.91 Å². The molecule has 2 rings (SSSR count). The zero-order valence-corrected chi connectivity index (χ0v) is 18.3. The van der Waals surface area contributed by atoms with Crippen molar-refractivity contribution in [1.29, 1.82) is 0 Å². The first-order valence-corrected chi connectivity index (χ1v) is 11.0. The third-order valence-electron chi connectivity index (χ3n) is 6.08. The molecule has 0 radical (unpaired) electrons. The van der Waals surface area contributed by atoms with Crippen LogP contribution in [0.4, 0.5) is 0 Å². The van der Waals surface area contributed by atoms with Crippen molar-refractivity contribution in [2.24, 2.45) is 10.4 Å². The lowest BCUT2D eigenvalue weighted by Gasteiger charge is -2.58. The molecule has 0 heterocycles. The van der Waals surface area contributed by atoms with Gasteiger partial charge < -0.3 is 25.0 Å². The minimum absolute atomic E-state index is 0.00333. The Morgan fingerprint density at radius 1 is 1.18 bits per heavy atom. The predicted octanol–water partition coefficient (Wildman–Crippen LogP) is 2.16. The summed E-state index contributed by atoms with van der Waals surface area (Å²) in [5.41, 5.74) is 0.216. The molecule has 1 spiro atoms. The molecule has 2 atom stereocenters. The van der Waals surface area contributed by atoms with Crippen LogP contribution in [0.25, 0.3) is 0 Å². The summed E-state index contributed by atoms with van der Waals surface area (Å²) in [6.07, 6.45) is 8.55. The summed E-state index contributed by atoms with van der Waals surface area (Å²) in [5.74, 6) is 0.736. The van der Waals surface area contributed by atoms with E-state index in [4.69, 9.17) is 9.47 Å². The van der Waals surface area contributed by atoms with E-state index in [2.05, 4.69) is 22.5 Å². The van der Waals surface area contributed by atoms with E-state index in [-0.39, 0.29) is 17.9 Å². The number of nitrogens with zero attached hydrogens (tertiary/aromatic N) is 2. The highest BCUT2D eigenvalue weighted by Crippen LogP contribution is 2.53. The summed E-state index contributed by atoms with van der Waals surface area (Å²) >= 11 is 0. The molecule has 7 nitrogen and oxygen atoms in total. The second-order valence-electron chi connectivity index (χ2n) is 8.10. The van der Waals surface area contributed by atoms with Crippen molar-refractivity contribution in [3.05, 3.63) is 0 Å². The van der Waals surface area contributed by atoms with Crippen LogP contribution in [0.15, 0.2) is 4.99 Å². The minimum atomic E-state index is 0.00333. The van der Waals surface area contributed by atoms with E-state index in [1.807, 2.05) is 6.92 Å². The second kappa shape index (κ2) is 11.6. The van der Waals surface area contributed by atoms with E-state index in [1.165, 1.54) is 32.1 Å². The van der Waals surface area contributed by atoms with Crippen molar-refractivity contribution in [2.75, 3.05) is 47.0 Å². The number of carbonyl (C=O) groups is 1. The maximum atomic E-state index is 12.0. The van der Waals surface area contributed by atoms with E-state index in [1.54, 1.807) is 19.0 Å². The molecule has 0 aromatic rings. The summed E-state index contributed by atoms with van der Waals surface area (Å²) in [6.45, 7) is 7.25. The number of guanidine groups is 1. The first-order chi connectivity index (χ1) is 13.5. The maximum absolute atomic E-state index is 12.0. The highest BCUT2D eigenvalue weighted by atomic mass is 16.5. The number of nitrogens with one attached hydrogen (secondary N) is 2. The number of aliphatic imine (C=N–C) groups is 1. The van der Waals surface area contributed by atoms with Crippen LogP contribution in [-0.2, 0) is 14.3 Å². The molecule has 0 saturated heterocycles. The SMILES string of the molecule is CCOCCCNC(=NCC(=O)N(C)C)NC1CC(OCC)C12CCCCC2. The standard InChI is InChI=1S/C21H40N4O3/c1-5-27-14-10-13-22-20(23-16-19(26)25(3)4)24-17-15-18(28-6-2)21(17)11-8-7-9-12-21/h17-18H,5-16H2,1-4H3,(H2,22,23,24). The van der Waals surface area contributed by atoms with Gasteiger partial charge in [0.05, 0.1) is 6.10 Å². The van der Waals surface area contributed by atoms with Gasteiger partial charge in [0.1, 0.15) is 6.54 Å². The number of amides is 1. The van der Waals surface area contributed by atoms with Crippen molar-refractivity contribution in [3.8, 4) is 0 Å². The number of rotatable bonds is 10. The summed E-state index contributed by atoms with van der Waals surface area (Å²) < 4.78 is 11.5. The van der Waals surface area contributed by atoms with E-state index in [0.717, 1.165) is 45.2 Å². The van der Waals surface area contributed by atoms with Crippen LogP contribution in [0.5, 0.6) is 0 Å². The molecule has 1 amide bonds. The van der Waals surface area contributed by atoms with Crippen LogP contribution in [-0.4, -0.2) is 75.9 Å². The van der Waals surface area contributed by atoms with Gasteiger partial charge >= 0.3 is 0 Å². The fourth-order valence-electron chi connectivity index (χ4n) is 4.40. The molecule has 0 aliphatic heterocycles. The smallest absolute Gasteiger partial charge is 0.243 e. The number of carbonyl (C=O) groups excluding carboxylic acids is 1. The van der Waals surface area contributed by atoms with Gasteiger partial charge in [-0.1, -0.05) is 19.3 Å². The van der Waals surface area contributed by atoms with E-state index in [9.17, 15) is 4.79 Å². The van der Waals surface area contributed by atoms with Gasteiger partial charge in [0.15, 0.2) is 5.96 Å². The Balaban J connectivity index is 1.99. The number of ether oxygens (including phenoxy) is 2. The second-order valence-corrected chi connectivity index (χ2v) is 8.10. The Morgan fingerprint density at radius 3 is 2.57 bits per heavy atom. The van der Waals surface area contributed by atoms with Gasteiger partial charge in [0.25, 0.3) is 0 Å². The van der Waals surface area contributed by atoms with Crippen molar-refractivity contribution < 1.29 is 14.3 Å².